The lowest BCUT2D eigenvalue weighted by molar-refractivity contribution is -0.132. The summed E-state index contributed by atoms with van der Waals surface area (Å²) in [6.07, 6.45) is 3.01. The number of unbranched alkanes of at least 4 members (excludes halogenated alkanes) is 2. The summed E-state index contributed by atoms with van der Waals surface area (Å²) < 4.78 is 18.3. The molecule has 268 valence electrons. The molecule has 6 rings (SSSR count). The van der Waals surface area contributed by atoms with E-state index in [1.165, 1.54) is 33.6 Å². The number of hydrogen-bond acceptors (Lipinski definition) is 10. The molecule has 0 radical (unpaired) electrons. The van der Waals surface area contributed by atoms with E-state index < -0.39 is 17.7 Å². The fourth-order valence-electron chi connectivity index (χ4n) is 5.87. The number of anilines is 1. The van der Waals surface area contributed by atoms with E-state index in [1.54, 1.807) is 49.6 Å². The van der Waals surface area contributed by atoms with Crippen LogP contribution in [0.25, 0.3) is 5.76 Å². The van der Waals surface area contributed by atoms with E-state index in [9.17, 15) is 14.7 Å². The minimum Gasteiger partial charge on any atom is -0.507 e. The van der Waals surface area contributed by atoms with Gasteiger partial charge in [-0.1, -0.05) is 109 Å². The van der Waals surface area contributed by atoms with Gasteiger partial charge in [-0.3, -0.25) is 14.5 Å². The Labute approximate surface area is 312 Å². The summed E-state index contributed by atoms with van der Waals surface area (Å²) in [6.45, 7) is 7.11. The summed E-state index contributed by atoms with van der Waals surface area (Å²) >= 11 is 2.72. The third-order valence-corrected chi connectivity index (χ3v) is 10.8. The van der Waals surface area contributed by atoms with Crippen LogP contribution in [0.2, 0.25) is 0 Å². The Morgan fingerprint density at radius 1 is 0.865 bits per heavy atom. The zero-order valence-electron chi connectivity index (χ0n) is 29.6. The lowest BCUT2D eigenvalue weighted by atomic mass is 9.95. The molecule has 0 aliphatic carbocycles. The van der Waals surface area contributed by atoms with Gasteiger partial charge in [0.1, 0.15) is 18.1 Å². The normalized spacial score (nSPS) is 15.2. The van der Waals surface area contributed by atoms with Gasteiger partial charge in [-0.15, -0.1) is 10.2 Å². The second kappa shape index (κ2) is 16.9. The Morgan fingerprint density at radius 2 is 1.65 bits per heavy atom. The lowest BCUT2D eigenvalue weighted by Gasteiger charge is -2.23. The molecule has 0 spiro atoms. The summed E-state index contributed by atoms with van der Waals surface area (Å²) in [5.74, 6) is 0.304. The van der Waals surface area contributed by atoms with Crippen molar-refractivity contribution in [3.63, 3.8) is 0 Å². The lowest BCUT2D eigenvalue weighted by Crippen LogP contribution is -2.29. The molecule has 1 unspecified atom stereocenters. The number of benzene rings is 4. The molecule has 1 aliphatic rings. The smallest absolute Gasteiger partial charge is 0.301 e. The minimum atomic E-state index is -1.01. The van der Waals surface area contributed by atoms with Crippen LogP contribution in [0.1, 0.15) is 65.6 Å². The highest BCUT2D eigenvalue weighted by Gasteiger charge is 2.48. The third-order valence-electron chi connectivity index (χ3n) is 8.65. The second-order valence-electron chi connectivity index (χ2n) is 12.6. The molecule has 1 aliphatic heterocycles. The van der Waals surface area contributed by atoms with Crippen molar-refractivity contribution in [2.24, 2.45) is 0 Å². The number of aromatic nitrogens is 2. The van der Waals surface area contributed by atoms with Crippen LogP contribution in [0.15, 0.2) is 101 Å². The van der Waals surface area contributed by atoms with Crippen molar-refractivity contribution < 1.29 is 28.9 Å². The van der Waals surface area contributed by atoms with Gasteiger partial charge in [0, 0.05) is 11.3 Å². The molecule has 0 saturated carbocycles. The van der Waals surface area contributed by atoms with Crippen molar-refractivity contribution in [3.05, 3.63) is 130 Å². The van der Waals surface area contributed by atoms with Crippen LogP contribution in [-0.2, 0) is 21.9 Å². The molecule has 11 heteroatoms. The number of thioether (sulfide) groups is 1. The molecular formula is C41H41N3O6S2. The standard InChI is InChI=1S/C41H41N3O6S2/c1-5-6-7-21-49-33-20-17-31(23-34(33)48-4)36-35(37(45)30-15-18-32(19-16-30)50-24-29-10-8-9-27(3)22-29)38(46)39(47)44(36)40-42-43-41(52-40)51-25-28-13-11-26(2)12-14-28/h8-20,22-23,36,45H,5-7,21,24-25H2,1-4H3/b37-35+. The zero-order valence-corrected chi connectivity index (χ0v) is 31.3. The molecule has 4 aromatic carbocycles. The van der Waals surface area contributed by atoms with E-state index in [2.05, 4.69) is 47.5 Å². The number of aryl methyl sites for hydroxylation is 2. The first kappa shape index (κ1) is 36.7. The van der Waals surface area contributed by atoms with E-state index in [4.69, 9.17) is 14.2 Å². The molecule has 1 atom stereocenters. The van der Waals surface area contributed by atoms with Crippen molar-refractivity contribution in [1.29, 1.82) is 0 Å². The molecule has 5 aromatic rings. The maximum absolute atomic E-state index is 13.9. The number of methoxy groups -OCH3 is 1. The monoisotopic (exact) mass is 735 g/mol. The predicted molar refractivity (Wildman–Crippen MR) is 205 cm³/mol. The number of aliphatic hydroxyl groups excluding tert-OH is 1. The fourth-order valence-corrected chi connectivity index (χ4v) is 7.70. The Balaban J connectivity index is 1.33. The first-order chi connectivity index (χ1) is 25.2. The number of ether oxygens (including phenoxy) is 3. The molecule has 1 N–H and O–H groups in total. The summed E-state index contributed by atoms with van der Waals surface area (Å²) in [6, 6.07) is 27.4. The molecule has 9 nitrogen and oxygen atoms in total. The van der Waals surface area contributed by atoms with Gasteiger partial charge in [-0.25, -0.2) is 0 Å². The number of amides is 1. The number of hydrogen-bond donors (Lipinski definition) is 1. The summed E-state index contributed by atoms with van der Waals surface area (Å²) in [7, 11) is 1.54. The summed E-state index contributed by atoms with van der Waals surface area (Å²) in [5.41, 5.74) is 5.32. The van der Waals surface area contributed by atoms with Gasteiger partial charge in [0.2, 0.25) is 5.13 Å². The zero-order chi connectivity index (χ0) is 36.6. The van der Waals surface area contributed by atoms with Crippen LogP contribution in [-0.4, -0.2) is 40.7 Å². The molecule has 1 fully saturated rings. The van der Waals surface area contributed by atoms with Crippen LogP contribution in [0.4, 0.5) is 5.13 Å². The fraction of sp³-hybridized carbons (Fsp3) is 0.268. The van der Waals surface area contributed by atoms with Gasteiger partial charge in [0.15, 0.2) is 15.8 Å². The quantitative estimate of drug-likeness (QED) is 0.0281. The molecule has 52 heavy (non-hydrogen) atoms. The highest BCUT2D eigenvalue weighted by Crippen LogP contribution is 2.45. The highest BCUT2D eigenvalue weighted by atomic mass is 32.2. The Bertz CT molecular complexity index is 2060. The van der Waals surface area contributed by atoms with Gasteiger partial charge in [-0.2, -0.15) is 0 Å². The van der Waals surface area contributed by atoms with Gasteiger partial charge < -0.3 is 19.3 Å². The predicted octanol–water partition coefficient (Wildman–Crippen LogP) is 9.23. The number of nitrogens with zero attached hydrogens (tertiary/aromatic N) is 3. The molecule has 1 aromatic heterocycles. The Kier molecular flexibility index (Phi) is 11.9. The maximum Gasteiger partial charge on any atom is 0.301 e. The van der Waals surface area contributed by atoms with Gasteiger partial charge in [0.25, 0.3) is 5.78 Å². The largest absolute Gasteiger partial charge is 0.507 e. The molecule has 1 amide bonds. The number of rotatable bonds is 15. The number of carbonyl (C=O) groups excluding carboxylic acids is 2. The average molecular weight is 736 g/mol. The third kappa shape index (κ3) is 8.49. The number of ketones is 1. The van der Waals surface area contributed by atoms with E-state index in [0.29, 0.717) is 51.7 Å². The van der Waals surface area contributed by atoms with Crippen LogP contribution in [0.5, 0.6) is 17.2 Å². The maximum atomic E-state index is 13.9. The summed E-state index contributed by atoms with van der Waals surface area (Å²) in [5, 5.41) is 20.7. The van der Waals surface area contributed by atoms with Crippen molar-refractivity contribution in [1.82, 2.24) is 10.2 Å². The van der Waals surface area contributed by atoms with Crippen molar-refractivity contribution in [2.45, 2.75) is 62.8 Å². The van der Waals surface area contributed by atoms with Gasteiger partial charge in [-0.05, 0) is 73.4 Å². The minimum absolute atomic E-state index is 0.0684. The number of aliphatic hydroxyl groups is 1. The summed E-state index contributed by atoms with van der Waals surface area (Å²) in [4.78, 5) is 29.1. The first-order valence-corrected chi connectivity index (χ1v) is 19.0. The van der Waals surface area contributed by atoms with Crippen LogP contribution in [0, 0.1) is 13.8 Å². The molecule has 1 saturated heterocycles. The van der Waals surface area contributed by atoms with Crippen molar-refractivity contribution in [2.75, 3.05) is 18.6 Å². The van der Waals surface area contributed by atoms with Crippen molar-refractivity contribution >= 4 is 45.7 Å². The second-order valence-corrected chi connectivity index (χ2v) is 14.7. The average Bonchev–Trinajstić information content (AvgIpc) is 3.73. The van der Waals surface area contributed by atoms with Gasteiger partial charge in [0.05, 0.1) is 25.3 Å². The van der Waals surface area contributed by atoms with Crippen LogP contribution >= 0.6 is 23.1 Å². The number of Topliss-reactive ketones (excluding diaryl/α,β-unsaturated/α-hetero) is 1. The molecular weight excluding hydrogens is 695 g/mol. The first-order valence-electron chi connectivity index (χ1n) is 17.2. The van der Waals surface area contributed by atoms with Crippen LogP contribution in [0.3, 0.4) is 0 Å². The van der Waals surface area contributed by atoms with Crippen LogP contribution < -0.4 is 19.1 Å². The Morgan fingerprint density at radius 3 is 2.38 bits per heavy atom. The topological polar surface area (TPSA) is 111 Å². The van der Waals surface area contributed by atoms with E-state index in [-0.39, 0.29) is 16.5 Å². The SMILES string of the molecule is CCCCCOc1ccc(C2/C(=C(\O)c3ccc(OCc4cccc(C)c4)cc3)C(=O)C(=O)N2c2nnc(SCc3ccc(C)cc3)s2)cc1OC. The van der Waals surface area contributed by atoms with E-state index in [1.807, 2.05) is 32.0 Å². The van der Waals surface area contributed by atoms with E-state index >= 15 is 0 Å². The highest BCUT2D eigenvalue weighted by molar-refractivity contribution is 8.00. The van der Waals surface area contributed by atoms with Crippen molar-refractivity contribution in [3.8, 4) is 17.2 Å². The molecule has 2 heterocycles. The molecule has 0 bridgehead atoms. The van der Waals surface area contributed by atoms with Gasteiger partial charge >= 0.3 is 5.91 Å². The Hall–Kier alpha value is -5.13. The number of carbonyl (C=O) groups is 2. The van der Waals surface area contributed by atoms with E-state index in [0.717, 1.165) is 36.0 Å².